The number of nitrogens with two attached hydrogens (primary N) is 1. The number of hydrogen-bond donors (Lipinski definition) is 1. The van der Waals surface area contributed by atoms with Crippen molar-refractivity contribution in [3.05, 3.63) is 65.0 Å². The van der Waals surface area contributed by atoms with Gasteiger partial charge < -0.3 is 10.5 Å². The molecule has 0 saturated carbocycles. The molecule has 2 N–H and O–H groups in total. The van der Waals surface area contributed by atoms with E-state index in [1.54, 1.807) is 12.1 Å². The summed E-state index contributed by atoms with van der Waals surface area (Å²) in [6, 6.07) is 13.6. The molecule has 96 valence electrons. The molecule has 0 aromatic heterocycles. The first-order valence-corrected chi connectivity index (χ1v) is 5.84. The number of hydrogen-bond acceptors (Lipinski definition) is 3. The van der Waals surface area contributed by atoms with E-state index in [4.69, 9.17) is 15.7 Å². The first-order valence-electron chi connectivity index (χ1n) is 5.84. The van der Waals surface area contributed by atoms with Gasteiger partial charge in [-0.05, 0) is 23.8 Å². The predicted octanol–water partition coefficient (Wildman–Crippen LogP) is 2.74. The van der Waals surface area contributed by atoms with E-state index in [-0.39, 0.29) is 12.2 Å². The van der Waals surface area contributed by atoms with Crippen molar-refractivity contribution in [1.82, 2.24) is 0 Å². The van der Waals surface area contributed by atoms with Crippen LogP contribution < -0.4 is 10.5 Å². The van der Waals surface area contributed by atoms with Crippen LogP contribution >= 0.6 is 0 Å². The van der Waals surface area contributed by atoms with E-state index in [0.717, 1.165) is 11.1 Å². The number of nitriles is 1. The van der Waals surface area contributed by atoms with Crippen molar-refractivity contribution < 1.29 is 9.13 Å². The number of halogens is 1. The third kappa shape index (κ3) is 3.09. The first kappa shape index (κ1) is 13.1. The van der Waals surface area contributed by atoms with Crippen LogP contribution in [0.1, 0.15) is 16.7 Å². The summed E-state index contributed by atoms with van der Waals surface area (Å²) >= 11 is 0. The van der Waals surface area contributed by atoms with Gasteiger partial charge in [0.2, 0.25) is 0 Å². The summed E-state index contributed by atoms with van der Waals surface area (Å²) in [4.78, 5) is 0. The van der Waals surface area contributed by atoms with Crippen molar-refractivity contribution in [2.24, 2.45) is 5.73 Å². The summed E-state index contributed by atoms with van der Waals surface area (Å²) < 4.78 is 18.8. The first-order chi connectivity index (χ1) is 9.24. The molecule has 0 heterocycles. The van der Waals surface area contributed by atoms with Crippen LogP contribution in [0.2, 0.25) is 0 Å². The van der Waals surface area contributed by atoms with E-state index in [2.05, 4.69) is 0 Å². The van der Waals surface area contributed by atoms with Crippen LogP contribution in [0.25, 0.3) is 0 Å². The van der Waals surface area contributed by atoms with Crippen molar-refractivity contribution in [2.45, 2.75) is 13.2 Å². The van der Waals surface area contributed by atoms with Gasteiger partial charge in [-0.15, -0.1) is 0 Å². The van der Waals surface area contributed by atoms with Crippen LogP contribution in [-0.2, 0) is 13.2 Å². The van der Waals surface area contributed by atoms with E-state index in [0.29, 0.717) is 12.3 Å². The number of rotatable bonds is 4. The molecule has 2 rings (SSSR count). The Kier molecular flexibility index (Phi) is 4.11. The van der Waals surface area contributed by atoms with Gasteiger partial charge in [0, 0.05) is 12.1 Å². The van der Waals surface area contributed by atoms with Crippen LogP contribution in [0.4, 0.5) is 4.39 Å². The number of para-hydroxylation sites is 1. The fraction of sp³-hybridized carbons (Fsp3) is 0.133. The van der Waals surface area contributed by atoms with E-state index >= 15 is 0 Å². The Hall–Kier alpha value is -2.38. The molecule has 0 aliphatic heterocycles. The molecular weight excluding hydrogens is 243 g/mol. The highest BCUT2D eigenvalue weighted by atomic mass is 19.1. The van der Waals surface area contributed by atoms with Gasteiger partial charge >= 0.3 is 0 Å². The molecule has 0 aliphatic rings. The molecule has 0 spiro atoms. The van der Waals surface area contributed by atoms with Crippen LogP contribution in [0.3, 0.4) is 0 Å². The Balaban J connectivity index is 2.13. The maximum absolute atomic E-state index is 13.2. The van der Waals surface area contributed by atoms with Crippen molar-refractivity contribution in [2.75, 3.05) is 0 Å². The van der Waals surface area contributed by atoms with Crippen LogP contribution in [0.5, 0.6) is 5.75 Å². The Labute approximate surface area is 111 Å². The summed E-state index contributed by atoms with van der Waals surface area (Å²) in [5, 5.41) is 8.76. The third-order valence-corrected chi connectivity index (χ3v) is 2.74. The lowest BCUT2D eigenvalue weighted by molar-refractivity contribution is 0.303. The fourth-order valence-electron chi connectivity index (χ4n) is 1.72. The lowest BCUT2D eigenvalue weighted by atomic mass is 10.1. The SMILES string of the molecule is N#Cc1cc(COc2ccccc2CN)ccc1F. The Morgan fingerprint density at radius 3 is 2.74 bits per heavy atom. The molecule has 0 saturated heterocycles. The summed E-state index contributed by atoms with van der Waals surface area (Å²) in [5.74, 6) is 0.182. The highest BCUT2D eigenvalue weighted by molar-refractivity contribution is 5.36. The maximum Gasteiger partial charge on any atom is 0.140 e. The highest BCUT2D eigenvalue weighted by Crippen LogP contribution is 2.19. The Bertz CT molecular complexity index is 620. The van der Waals surface area contributed by atoms with Crippen molar-refractivity contribution in [1.29, 1.82) is 5.26 Å². The average molecular weight is 256 g/mol. The van der Waals surface area contributed by atoms with E-state index in [1.807, 2.05) is 24.3 Å². The summed E-state index contributed by atoms with van der Waals surface area (Å²) in [5.41, 5.74) is 7.28. The Morgan fingerprint density at radius 2 is 2.00 bits per heavy atom. The van der Waals surface area contributed by atoms with Crippen LogP contribution in [0.15, 0.2) is 42.5 Å². The van der Waals surface area contributed by atoms with Crippen molar-refractivity contribution in [3.63, 3.8) is 0 Å². The predicted molar refractivity (Wildman–Crippen MR) is 69.8 cm³/mol. The van der Waals surface area contributed by atoms with Crippen LogP contribution in [-0.4, -0.2) is 0 Å². The standard InChI is InChI=1S/C15H13FN2O/c16-14-6-5-11(7-13(14)9-18)10-19-15-4-2-1-3-12(15)8-17/h1-7H,8,10,17H2. The molecule has 2 aromatic rings. The number of ether oxygens (including phenoxy) is 1. The van der Waals surface area contributed by atoms with Gasteiger partial charge in [0.25, 0.3) is 0 Å². The molecule has 0 bridgehead atoms. The van der Waals surface area contributed by atoms with Crippen molar-refractivity contribution in [3.8, 4) is 11.8 Å². The summed E-state index contributed by atoms with van der Waals surface area (Å²) in [6.45, 7) is 0.662. The van der Waals surface area contributed by atoms with Gasteiger partial charge in [-0.1, -0.05) is 24.3 Å². The van der Waals surface area contributed by atoms with E-state index in [1.165, 1.54) is 12.1 Å². The summed E-state index contributed by atoms with van der Waals surface area (Å²) in [6.07, 6.45) is 0. The third-order valence-electron chi connectivity index (χ3n) is 2.74. The van der Waals surface area contributed by atoms with Gasteiger partial charge in [-0.25, -0.2) is 4.39 Å². The molecule has 0 amide bonds. The topological polar surface area (TPSA) is 59.0 Å². The minimum Gasteiger partial charge on any atom is -0.489 e. The largest absolute Gasteiger partial charge is 0.489 e. The number of benzene rings is 2. The molecular formula is C15H13FN2O. The maximum atomic E-state index is 13.2. The molecule has 19 heavy (non-hydrogen) atoms. The zero-order chi connectivity index (χ0) is 13.7. The second-order valence-electron chi connectivity index (χ2n) is 4.03. The molecule has 4 heteroatoms. The van der Waals surface area contributed by atoms with Gasteiger partial charge in [0.15, 0.2) is 0 Å². The fourth-order valence-corrected chi connectivity index (χ4v) is 1.72. The zero-order valence-electron chi connectivity index (χ0n) is 10.3. The lowest BCUT2D eigenvalue weighted by Gasteiger charge is -2.10. The van der Waals surface area contributed by atoms with E-state index in [9.17, 15) is 4.39 Å². The van der Waals surface area contributed by atoms with Crippen LogP contribution in [0, 0.1) is 17.1 Å². The second-order valence-corrected chi connectivity index (χ2v) is 4.03. The highest BCUT2D eigenvalue weighted by Gasteiger charge is 2.05. The monoisotopic (exact) mass is 256 g/mol. The molecule has 0 unspecified atom stereocenters. The molecule has 2 aromatic carbocycles. The average Bonchev–Trinajstić information content (AvgIpc) is 2.46. The zero-order valence-corrected chi connectivity index (χ0v) is 10.3. The Morgan fingerprint density at radius 1 is 1.21 bits per heavy atom. The smallest absolute Gasteiger partial charge is 0.140 e. The summed E-state index contributed by atoms with van der Waals surface area (Å²) in [7, 11) is 0. The number of nitrogens with zero attached hydrogens (tertiary/aromatic N) is 1. The van der Waals surface area contributed by atoms with Gasteiger partial charge in [0.05, 0.1) is 5.56 Å². The van der Waals surface area contributed by atoms with Gasteiger partial charge in [0.1, 0.15) is 24.2 Å². The minimum atomic E-state index is -0.520. The molecule has 3 nitrogen and oxygen atoms in total. The van der Waals surface area contributed by atoms with Crippen molar-refractivity contribution >= 4 is 0 Å². The lowest BCUT2D eigenvalue weighted by Crippen LogP contribution is -2.03. The molecule has 0 aliphatic carbocycles. The molecule has 0 radical (unpaired) electrons. The normalized spacial score (nSPS) is 9.95. The second kappa shape index (κ2) is 5.98. The molecule has 0 atom stereocenters. The van der Waals surface area contributed by atoms with Gasteiger partial charge in [-0.3, -0.25) is 0 Å². The van der Waals surface area contributed by atoms with Gasteiger partial charge in [-0.2, -0.15) is 5.26 Å². The molecule has 0 fully saturated rings. The minimum absolute atomic E-state index is 0.0215. The van der Waals surface area contributed by atoms with E-state index < -0.39 is 5.82 Å². The quantitative estimate of drug-likeness (QED) is 0.915.